The van der Waals surface area contributed by atoms with Crippen molar-refractivity contribution in [3.05, 3.63) is 96.7 Å². The Balaban J connectivity index is 1.39. The quantitative estimate of drug-likeness (QED) is 0.182. The Morgan fingerprint density at radius 3 is 2.30 bits per heavy atom. The molecule has 0 atom stereocenters. The van der Waals surface area contributed by atoms with Gasteiger partial charge in [0.2, 0.25) is 0 Å². The summed E-state index contributed by atoms with van der Waals surface area (Å²) in [5, 5.41) is 10.9. The molecule has 1 aliphatic rings. The number of nitrogens with zero attached hydrogens (tertiary/aromatic N) is 5. The van der Waals surface area contributed by atoms with Crippen molar-refractivity contribution in [2.45, 2.75) is 51.1 Å². The number of hydrogen-bond acceptors (Lipinski definition) is 6. The smallest absolute Gasteiger partial charge is 0.408 e. The molecule has 0 radical (unpaired) electrons. The maximum Gasteiger partial charge on any atom is 0.408 e. The van der Waals surface area contributed by atoms with Gasteiger partial charge < -0.3 is 9.67 Å². The number of pyridine rings is 2. The Hall–Kier alpha value is -5.25. The summed E-state index contributed by atoms with van der Waals surface area (Å²) in [6.07, 6.45) is 6.51. The number of imidazole rings is 1. The first kappa shape index (κ1) is 28.9. The van der Waals surface area contributed by atoms with Crippen LogP contribution in [0.3, 0.4) is 0 Å². The number of rotatable bonds is 7. The summed E-state index contributed by atoms with van der Waals surface area (Å²) in [7, 11) is 1.80. The summed E-state index contributed by atoms with van der Waals surface area (Å²) in [6.45, 7) is 5.84. The van der Waals surface area contributed by atoms with Gasteiger partial charge in [-0.15, -0.1) is 0 Å². The van der Waals surface area contributed by atoms with Crippen LogP contribution in [0.15, 0.2) is 85.5 Å². The number of hydrazine groups is 1. The molecular weight excluding hydrogens is 554 g/mol. The molecule has 224 valence electrons. The van der Waals surface area contributed by atoms with Crippen LogP contribution in [0.4, 0.5) is 10.6 Å². The number of fused-ring (bicyclic) bond motifs is 1. The lowest BCUT2D eigenvalue weighted by Crippen LogP contribution is -2.60. The molecule has 6 rings (SSSR count). The molecule has 44 heavy (non-hydrogen) atoms. The zero-order chi connectivity index (χ0) is 31.1. The van der Waals surface area contributed by atoms with Gasteiger partial charge >= 0.3 is 6.09 Å². The number of carboxylic acid groups (broad SMARTS) is 1. The summed E-state index contributed by atoms with van der Waals surface area (Å²) in [4.78, 5) is 40.3. The molecule has 1 fully saturated rings. The van der Waals surface area contributed by atoms with Gasteiger partial charge in [-0.3, -0.25) is 20.5 Å². The van der Waals surface area contributed by atoms with Gasteiger partial charge in [0.05, 0.1) is 23.1 Å². The fourth-order valence-electron chi connectivity index (χ4n) is 6.17. The van der Waals surface area contributed by atoms with Crippen molar-refractivity contribution in [2.75, 3.05) is 5.43 Å². The molecule has 3 N–H and O–H groups in total. The van der Waals surface area contributed by atoms with Gasteiger partial charge in [0.15, 0.2) is 5.82 Å². The summed E-state index contributed by atoms with van der Waals surface area (Å²) in [5.41, 5.74) is 10.1. The third kappa shape index (κ3) is 5.23. The van der Waals surface area contributed by atoms with Gasteiger partial charge in [0.1, 0.15) is 5.69 Å². The topological polar surface area (TPSA) is 125 Å². The first-order valence-corrected chi connectivity index (χ1v) is 14.6. The molecule has 0 saturated heterocycles. The Kier molecular flexibility index (Phi) is 7.28. The van der Waals surface area contributed by atoms with E-state index in [0.29, 0.717) is 11.3 Å². The third-order valence-corrected chi connectivity index (χ3v) is 8.23. The number of aromatic nitrogens is 4. The van der Waals surface area contributed by atoms with Crippen molar-refractivity contribution < 1.29 is 14.7 Å². The van der Waals surface area contributed by atoms with Crippen LogP contribution in [0.5, 0.6) is 0 Å². The van der Waals surface area contributed by atoms with Crippen LogP contribution >= 0.6 is 0 Å². The lowest BCUT2D eigenvalue weighted by atomic mass is 9.69. The fraction of sp³-hybridized carbons (Fsp3) is 0.265. The summed E-state index contributed by atoms with van der Waals surface area (Å²) >= 11 is 0. The van der Waals surface area contributed by atoms with E-state index in [-0.39, 0.29) is 11.6 Å². The van der Waals surface area contributed by atoms with Crippen LogP contribution in [0.2, 0.25) is 0 Å². The number of aryl methyl sites for hydroxylation is 1. The predicted octanol–water partition coefficient (Wildman–Crippen LogP) is 6.61. The molecule has 5 aromatic rings. The van der Waals surface area contributed by atoms with Gasteiger partial charge in [0, 0.05) is 41.5 Å². The minimum atomic E-state index is -0.905. The van der Waals surface area contributed by atoms with E-state index >= 15 is 0 Å². The van der Waals surface area contributed by atoms with E-state index in [1.807, 2.05) is 87.5 Å². The highest BCUT2D eigenvalue weighted by molar-refractivity contribution is 5.98. The largest absolute Gasteiger partial charge is 0.465 e. The first-order chi connectivity index (χ1) is 21.1. The van der Waals surface area contributed by atoms with Crippen molar-refractivity contribution in [1.82, 2.24) is 29.8 Å². The zero-order valence-electron chi connectivity index (χ0n) is 25.2. The number of anilines is 1. The molecule has 1 aliphatic carbocycles. The second-order valence-electron chi connectivity index (χ2n) is 12.2. The SMILES string of the molecule is Cn1cnc(C(=O)NNc2nccc3nc(-c4ccc(C5(N(C(=O)O)C(C)(C)C)CCC5)cc4)c(-c4ccccc4)cc23)c1. The Morgan fingerprint density at radius 2 is 1.70 bits per heavy atom. The molecule has 0 aliphatic heterocycles. The average Bonchev–Trinajstić information content (AvgIpc) is 3.43. The molecule has 3 heterocycles. The lowest BCUT2D eigenvalue weighted by molar-refractivity contribution is -0.0328. The van der Waals surface area contributed by atoms with E-state index in [4.69, 9.17) is 4.98 Å². The van der Waals surface area contributed by atoms with Gasteiger partial charge in [-0.25, -0.2) is 19.7 Å². The average molecular weight is 590 g/mol. The second kappa shape index (κ2) is 11.1. The minimum Gasteiger partial charge on any atom is -0.465 e. The molecular formula is C34H35N7O3. The normalized spacial score (nSPS) is 14.1. The number of carbonyl (C=O) groups is 2. The highest BCUT2D eigenvalue weighted by Crippen LogP contribution is 2.50. The molecule has 2 amide bonds. The standard InChI is InChI=1S/C34H35N7O3/c1-33(2,3)41(32(43)44)34(16-8-17-34)24-13-11-23(12-14-24)29-25(22-9-6-5-7-10-22)19-26-27(37-29)15-18-35-30(26)38-39-31(42)28-20-40(4)21-36-28/h5-7,9-15,18-21H,8,16-17H2,1-4H3,(H,35,38)(H,39,42)(H,43,44). The molecule has 10 nitrogen and oxygen atoms in total. The lowest BCUT2D eigenvalue weighted by Gasteiger charge is -2.54. The highest BCUT2D eigenvalue weighted by Gasteiger charge is 2.50. The van der Waals surface area contributed by atoms with Crippen molar-refractivity contribution >= 4 is 28.7 Å². The molecule has 1 saturated carbocycles. The molecule has 2 aromatic carbocycles. The van der Waals surface area contributed by atoms with Crippen molar-refractivity contribution in [1.29, 1.82) is 0 Å². The number of hydrogen-bond donors (Lipinski definition) is 3. The monoisotopic (exact) mass is 589 g/mol. The number of carbonyl (C=O) groups excluding carboxylic acids is 1. The molecule has 0 spiro atoms. The second-order valence-corrected chi connectivity index (χ2v) is 12.2. The van der Waals surface area contributed by atoms with E-state index in [1.165, 1.54) is 0 Å². The Labute approximate surface area is 255 Å². The van der Waals surface area contributed by atoms with E-state index < -0.39 is 17.2 Å². The minimum absolute atomic E-state index is 0.284. The fourth-order valence-corrected chi connectivity index (χ4v) is 6.17. The van der Waals surface area contributed by atoms with Crippen LogP contribution < -0.4 is 10.9 Å². The third-order valence-electron chi connectivity index (χ3n) is 8.23. The van der Waals surface area contributed by atoms with Gasteiger partial charge in [0.25, 0.3) is 5.91 Å². The van der Waals surface area contributed by atoms with Crippen LogP contribution in [-0.4, -0.2) is 47.1 Å². The number of amides is 2. The van der Waals surface area contributed by atoms with Crippen molar-refractivity contribution in [3.8, 4) is 22.4 Å². The first-order valence-electron chi connectivity index (χ1n) is 14.6. The number of benzene rings is 2. The molecule has 10 heteroatoms. The van der Waals surface area contributed by atoms with E-state index in [2.05, 4.69) is 20.8 Å². The Morgan fingerprint density at radius 1 is 0.977 bits per heavy atom. The number of nitrogens with one attached hydrogen (secondary N) is 2. The molecule has 3 aromatic heterocycles. The molecule has 0 unspecified atom stereocenters. The maximum atomic E-state index is 12.6. The van der Waals surface area contributed by atoms with Crippen LogP contribution in [0, 0.1) is 0 Å². The van der Waals surface area contributed by atoms with E-state index in [1.54, 1.807) is 35.2 Å². The zero-order valence-corrected chi connectivity index (χ0v) is 25.2. The van der Waals surface area contributed by atoms with Gasteiger partial charge in [-0.05, 0) is 63.3 Å². The van der Waals surface area contributed by atoms with Crippen molar-refractivity contribution in [2.24, 2.45) is 7.05 Å². The van der Waals surface area contributed by atoms with E-state index in [9.17, 15) is 14.7 Å². The van der Waals surface area contributed by atoms with Gasteiger partial charge in [-0.1, -0.05) is 54.6 Å². The summed E-state index contributed by atoms with van der Waals surface area (Å²) in [5.74, 6) is 0.0794. The van der Waals surface area contributed by atoms with Crippen molar-refractivity contribution in [3.63, 3.8) is 0 Å². The van der Waals surface area contributed by atoms with E-state index in [0.717, 1.165) is 52.6 Å². The van der Waals surface area contributed by atoms with Crippen LogP contribution in [0.1, 0.15) is 56.1 Å². The summed E-state index contributed by atoms with van der Waals surface area (Å²) < 4.78 is 1.70. The highest BCUT2D eigenvalue weighted by atomic mass is 16.4. The van der Waals surface area contributed by atoms with Gasteiger partial charge in [-0.2, -0.15) is 0 Å². The predicted molar refractivity (Wildman–Crippen MR) is 170 cm³/mol. The van der Waals surface area contributed by atoms with Crippen LogP contribution in [-0.2, 0) is 12.6 Å². The molecule has 0 bridgehead atoms. The maximum absolute atomic E-state index is 12.6. The summed E-state index contributed by atoms with van der Waals surface area (Å²) in [6, 6.07) is 22.0. The Bertz CT molecular complexity index is 1840. The van der Waals surface area contributed by atoms with Crippen LogP contribution in [0.25, 0.3) is 33.3 Å².